The van der Waals surface area contributed by atoms with Crippen molar-refractivity contribution in [3.63, 3.8) is 0 Å². The van der Waals surface area contributed by atoms with Gasteiger partial charge in [-0.2, -0.15) is 0 Å². The highest BCUT2D eigenvalue weighted by atomic mass is 32.1. The quantitative estimate of drug-likeness (QED) is 0.0579. The van der Waals surface area contributed by atoms with Crippen LogP contribution in [0.15, 0.2) is 60.1 Å². The molecule has 15 heteroatoms. The highest BCUT2D eigenvalue weighted by Crippen LogP contribution is 2.33. The van der Waals surface area contributed by atoms with Gasteiger partial charge in [0, 0.05) is 44.1 Å². The molecule has 0 radical (unpaired) electrons. The van der Waals surface area contributed by atoms with Crippen LogP contribution < -0.4 is 26.6 Å². The molecule has 4 amide bonds. The molecule has 4 heterocycles. The van der Waals surface area contributed by atoms with Gasteiger partial charge >= 0.3 is 0 Å². The van der Waals surface area contributed by atoms with Crippen LogP contribution in [-0.4, -0.2) is 86.6 Å². The number of unbranched alkanes of at least 4 members (excludes halogenated alkanes) is 6. The fourth-order valence-corrected chi connectivity index (χ4v) is 9.54. The van der Waals surface area contributed by atoms with Crippen molar-refractivity contribution >= 4 is 46.5 Å². The maximum absolute atomic E-state index is 14.0. The Kier molecular flexibility index (Phi) is 16.7. The Morgan fingerprint density at radius 1 is 0.859 bits per heavy atom. The lowest BCUT2D eigenvalue weighted by atomic mass is 9.85. The number of amides is 4. The SMILES string of the molecule is Cc1ncsc1-c1ccc([C@H](C)NC(=O)[C@@H]2CCCN2C(=O)[C@@H](NC(=O)CCCCCCCCCC(=O)NC2CCN(c3cc(-c4ccccc4O)nnc3N)CC2)C(C)(C)C)cc1. The number of thiazole rings is 1. The summed E-state index contributed by atoms with van der Waals surface area (Å²) < 4.78 is 0. The summed E-state index contributed by atoms with van der Waals surface area (Å²) in [6.45, 7) is 11.7. The summed E-state index contributed by atoms with van der Waals surface area (Å²) in [6, 6.07) is 15.6. The van der Waals surface area contributed by atoms with Gasteiger partial charge in [-0.25, -0.2) is 4.98 Å². The summed E-state index contributed by atoms with van der Waals surface area (Å²) in [5, 5.41) is 28.0. The number of nitrogen functional groups attached to an aromatic ring is 1. The molecule has 0 saturated carbocycles. The lowest BCUT2D eigenvalue weighted by Crippen LogP contribution is -2.57. The molecule has 0 bridgehead atoms. The minimum atomic E-state index is -0.742. The van der Waals surface area contributed by atoms with E-state index in [-0.39, 0.29) is 41.5 Å². The molecule has 2 aromatic heterocycles. The van der Waals surface area contributed by atoms with Crippen molar-refractivity contribution in [1.29, 1.82) is 0 Å². The third kappa shape index (κ3) is 12.8. The number of phenolic OH excluding ortho intramolecular Hbond substituents is 1. The number of aromatic nitrogens is 3. The van der Waals surface area contributed by atoms with E-state index in [2.05, 4.69) is 48.2 Å². The molecule has 2 aliphatic heterocycles. The van der Waals surface area contributed by atoms with Crippen molar-refractivity contribution < 1.29 is 24.3 Å². The van der Waals surface area contributed by atoms with Gasteiger partial charge in [0.2, 0.25) is 23.6 Å². The molecule has 2 saturated heterocycles. The van der Waals surface area contributed by atoms with E-state index in [0.717, 1.165) is 105 Å². The number of benzene rings is 2. The summed E-state index contributed by atoms with van der Waals surface area (Å²) >= 11 is 1.61. The molecule has 64 heavy (non-hydrogen) atoms. The normalized spacial score (nSPS) is 16.6. The van der Waals surface area contributed by atoms with Gasteiger partial charge in [-0.05, 0) is 87.1 Å². The van der Waals surface area contributed by atoms with Crippen molar-refractivity contribution in [2.24, 2.45) is 5.41 Å². The first-order valence-electron chi connectivity index (χ1n) is 23.1. The Morgan fingerprint density at radius 3 is 2.16 bits per heavy atom. The number of piperidine rings is 1. The van der Waals surface area contributed by atoms with E-state index < -0.39 is 17.5 Å². The number of phenols is 1. The Bertz CT molecular complexity index is 2200. The summed E-state index contributed by atoms with van der Waals surface area (Å²) in [5.41, 5.74) is 12.5. The molecule has 3 atom stereocenters. The zero-order valence-corrected chi connectivity index (χ0v) is 39.0. The number of hydrogen-bond donors (Lipinski definition) is 5. The van der Waals surface area contributed by atoms with Gasteiger partial charge in [-0.15, -0.1) is 21.5 Å². The van der Waals surface area contributed by atoms with Crippen molar-refractivity contribution in [2.75, 3.05) is 30.3 Å². The molecule has 14 nitrogen and oxygen atoms in total. The third-order valence-corrected chi connectivity index (χ3v) is 13.5. The first-order chi connectivity index (χ1) is 30.7. The van der Waals surface area contributed by atoms with Crippen LogP contribution in [0.5, 0.6) is 5.75 Å². The van der Waals surface area contributed by atoms with Gasteiger partial charge < -0.3 is 36.6 Å². The van der Waals surface area contributed by atoms with E-state index in [4.69, 9.17) is 5.73 Å². The minimum absolute atomic E-state index is 0.0850. The smallest absolute Gasteiger partial charge is 0.246 e. The number of carbonyl (C=O) groups is 4. The predicted molar refractivity (Wildman–Crippen MR) is 253 cm³/mol. The molecule has 6 rings (SSSR count). The maximum Gasteiger partial charge on any atom is 0.246 e. The van der Waals surface area contributed by atoms with Crippen molar-refractivity contribution in [2.45, 2.75) is 142 Å². The van der Waals surface area contributed by atoms with Crippen LogP contribution in [-0.2, 0) is 19.2 Å². The standard InChI is InChI=1S/C49H67N9O5S/c1-32(34-21-23-35(24-22-34)44-33(2)51-31-64-44)52-47(62)39-17-15-27-58(39)48(63)45(49(3,4)5)54-43(61)20-12-10-8-6-7-9-11-19-42(60)53-36-25-28-57(29-26-36)40-30-38(55-56-46(40)50)37-16-13-14-18-41(37)59/h13-14,16,18,21-24,30-32,36,39,45,59H,6-12,15,17,19-20,25-29H2,1-5H3,(H2,50,56)(H,52,62)(H,53,60)(H,54,61)/t32-,39-,45+/m0/s1. The zero-order valence-electron chi connectivity index (χ0n) is 38.2. The number of nitrogens with zero attached hydrogens (tertiary/aromatic N) is 5. The van der Waals surface area contributed by atoms with Gasteiger partial charge in [0.05, 0.1) is 33.5 Å². The lowest BCUT2D eigenvalue weighted by Gasteiger charge is -2.35. The van der Waals surface area contributed by atoms with E-state index in [1.807, 2.05) is 64.4 Å². The highest BCUT2D eigenvalue weighted by Gasteiger charge is 2.42. The van der Waals surface area contributed by atoms with Gasteiger partial charge in [-0.1, -0.05) is 89.3 Å². The topological polar surface area (TPSA) is 196 Å². The molecule has 0 unspecified atom stereocenters. The summed E-state index contributed by atoms with van der Waals surface area (Å²) in [7, 11) is 0. The van der Waals surface area contributed by atoms with Gasteiger partial charge in [0.25, 0.3) is 0 Å². The predicted octanol–water partition coefficient (Wildman–Crippen LogP) is 7.86. The van der Waals surface area contributed by atoms with E-state index in [1.165, 1.54) is 0 Å². The van der Waals surface area contributed by atoms with Gasteiger partial charge in [0.15, 0.2) is 5.82 Å². The number of rotatable bonds is 19. The van der Waals surface area contributed by atoms with Crippen LogP contribution in [0.2, 0.25) is 0 Å². The number of nitrogens with two attached hydrogens (primary N) is 1. The average molecular weight is 894 g/mol. The van der Waals surface area contributed by atoms with Crippen molar-refractivity contribution in [3.05, 3.63) is 71.4 Å². The maximum atomic E-state index is 14.0. The average Bonchev–Trinajstić information content (AvgIpc) is 3.95. The lowest BCUT2D eigenvalue weighted by molar-refractivity contribution is -0.144. The Labute approximate surface area is 382 Å². The van der Waals surface area contributed by atoms with E-state index in [9.17, 15) is 24.3 Å². The van der Waals surface area contributed by atoms with Crippen molar-refractivity contribution in [1.82, 2.24) is 36.0 Å². The zero-order chi connectivity index (χ0) is 45.8. The molecule has 0 spiro atoms. The summed E-state index contributed by atoms with van der Waals surface area (Å²) in [5.74, 6) is 0.0313. The van der Waals surface area contributed by atoms with Crippen LogP contribution in [0.3, 0.4) is 0 Å². The molecule has 6 N–H and O–H groups in total. The molecule has 2 aliphatic rings. The number of carbonyl (C=O) groups excluding carboxylic acids is 4. The summed E-state index contributed by atoms with van der Waals surface area (Å²) in [4.78, 5) is 62.9. The number of para-hydroxylation sites is 1. The second kappa shape index (κ2) is 22.4. The number of aromatic hydroxyl groups is 1. The van der Waals surface area contributed by atoms with Gasteiger partial charge in [-0.3, -0.25) is 19.2 Å². The molecule has 4 aromatic rings. The molecule has 2 fully saturated rings. The number of hydrogen-bond acceptors (Lipinski definition) is 11. The van der Waals surface area contributed by atoms with E-state index in [1.54, 1.807) is 34.4 Å². The molecule has 344 valence electrons. The third-order valence-electron chi connectivity index (χ3n) is 12.5. The van der Waals surface area contributed by atoms with Crippen LogP contribution >= 0.6 is 11.3 Å². The largest absolute Gasteiger partial charge is 0.507 e. The van der Waals surface area contributed by atoms with Gasteiger partial charge in [0.1, 0.15) is 17.8 Å². The first-order valence-corrected chi connectivity index (χ1v) is 23.9. The van der Waals surface area contributed by atoms with Crippen LogP contribution in [0, 0.1) is 12.3 Å². The number of nitrogens with one attached hydrogen (secondary N) is 3. The number of aryl methyl sites for hydroxylation is 1. The monoisotopic (exact) mass is 893 g/mol. The Balaban J connectivity index is 0.839. The number of anilines is 2. The Morgan fingerprint density at radius 2 is 1.52 bits per heavy atom. The molecule has 0 aliphatic carbocycles. The van der Waals surface area contributed by atoms with Crippen LogP contribution in [0.25, 0.3) is 21.7 Å². The molecular weight excluding hydrogens is 827 g/mol. The number of likely N-dealkylation sites (tertiary alicyclic amines) is 1. The van der Waals surface area contributed by atoms with Crippen molar-refractivity contribution in [3.8, 4) is 27.4 Å². The van der Waals surface area contributed by atoms with E-state index >= 15 is 0 Å². The van der Waals surface area contributed by atoms with Crippen LogP contribution in [0.4, 0.5) is 11.5 Å². The molecule has 2 aromatic carbocycles. The fraction of sp³-hybridized carbons (Fsp3) is 0.531. The second-order valence-corrected chi connectivity index (χ2v) is 19.4. The Hall–Kier alpha value is -5.57. The minimum Gasteiger partial charge on any atom is -0.507 e. The van der Waals surface area contributed by atoms with E-state index in [0.29, 0.717) is 42.9 Å². The fourth-order valence-electron chi connectivity index (χ4n) is 8.73. The molecular formula is C49H67N9O5S. The van der Waals surface area contributed by atoms with Crippen LogP contribution in [0.1, 0.15) is 128 Å². The first kappa shape index (κ1) is 47.9. The summed E-state index contributed by atoms with van der Waals surface area (Å²) in [6.07, 6.45) is 10.3. The second-order valence-electron chi connectivity index (χ2n) is 18.5. The highest BCUT2D eigenvalue weighted by molar-refractivity contribution is 7.13.